The van der Waals surface area contributed by atoms with E-state index in [4.69, 9.17) is 0 Å². The van der Waals surface area contributed by atoms with Crippen LogP contribution in [-0.4, -0.2) is 25.5 Å². The quantitative estimate of drug-likeness (QED) is 0.674. The van der Waals surface area contributed by atoms with Crippen molar-refractivity contribution in [2.45, 2.75) is 26.3 Å². The third-order valence-electron chi connectivity index (χ3n) is 3.38. The van der Waals surface area contributed by atoms with Crippen LogP contribution in [0.1, 0.15) is 29.5 Å². The molecule has 2 heterocycles. The number of hydrogen-bond acceptors (Lipinski definition) is 4. The lowest BCUT2D eigenvalue weighted by atomic mass is 10.0. The third-order valence-corrected chi connectivity index (χ3v) is 3.38. The molecule has 21 heavy (non-hydrogen) atoms. The molecule has 3 aromatic rings. The van der Waals surface area contributed by atoms with Gasteiger partial charge in [-0.05, 0) is 18.6 Å². The van der Waals surface area contributed by atoms with Gasteiger partial charge >= 0.3 is 0 Å². The van der Waals surface area contributed by atoms with Gasteiger partial charge in [0.15, 0.2) is 5.78 Å². The Morgan fingerprint density at radius 3 is 2.90 bits per heavy atom. The first kappa shape index (κ1) is 13.4. The smallest absolute Gasteiger partial charge is 0.172 e. The van der Waals surface area contributed by atoms with Crippen molar-refractivity contribution in [2.24, 2.45) is 0 Å². The first-order valence-corrected chi connectivity index (χ1v) is 7.03. The van der Waals surface area contributed by atoms with Crippen molar-refractivity contribution in [3.63, 3.8) is 0 Å². The average molecular weight is 280 g/mol. The predicted molar refractivity (Wildman–Crippen MR) is 80.1 cm³/mol. The van der Waals surface area contributed by atoms with Crippen LogP contribution < -0.4 is 0 Å². The lowest BCUT2D eigenvalue weighted by Crippen LogP contribution is -2.12. The number of Topliss-reactive ketones (excluding diaryl/α,β-unsaturated/α-hetero) is 1. The Morgan fingerprint density at radius 1 is 1.19 bits per heavy atom. The SMILES string of the molecule is CCCn1ncnc1CC(=O)c1cccc2cccnc12. The first-order chi connectivity index (χ1) is 10.3. The maximum atomic E-state index is 12.6. The van der Waals surface area contributed by atoms with Crippen LogP contribution in [0.3, 0.4) is 0 Å². The second kappa shape index (κ2) is 5.83. The maximum absolute atomic E-state index is 12.6. The number of benzene rings is 1. The number of nitrogens with zero attached hydrogens (tertiary/aromatic N) is 4. The van der Waals surface area contributed by atoms with Crippen molar-refractivity contribution >= 4 is 16.7 Å². The van der Waals surface area contributed by atoms with Crippen LogP contribution in [0.5, 0.6) is 0 Å². The van der Waals surface area contributed by atoms with E-state index in [2.05, 4.69) is 22.0 Å². The molecule has 0 spiro atoms. The summed E-state index contributed by atoms with van der Waals surface area (Å²) in [6.07, 6.45) is 4.41. The van der Waals surface area contributed by atoms with E-state index < -0.39 is 0 Å². The normalized spacial score (nSPS) is 10.9. The monoisotopic (exact) mass is 280 g/mol. The highest BCUT2D eigenvalue weighted by molar-refractivity contribution is 6.07. The van der Waals surface area contributed by atoms with E-state index in [0.717, 1.165) is 23.9 Å². The standard InChI is InChI=1S/C16H16N4O/c1-2-9-20-15(18-11-19-20)10-14(21)13-7-3-5-12-6-4-8-17-16(12)13/h3-8,11H,2,9-10H2,1H3. The van der Waals surface area contributed by atoms with Crippen LogP contribution in [0.15, 0.2) is 42.9 Å². The number of hydrogen-bond donors (Lipinski definition) is 0. The van der Waals surface area contributed by atoms with Gasteiger partial charge in [-0.2, -0.15) is 5.10 Å². The van der Waals surface area contributed by atoms with Gasteiger partial charge in [0.25, 0.3) is 0 Å². The fourth-order valence-corrected chi connectivity index (χ4v) is 2.39. The van der Waals surface area contributed by atoms with Crippen LogP contribution >= 0.6 is 0 Å². The van der Waals surface area contributed by atoms with Gasteiger partial charge in [0.1, 0.15) is 12.2 Å². The fraction of sp³-hybridized carbons (Fsp3) is 0.250. The first-order valence-electron chi connectivity index (χ1n) is 7.03. The largest absolute Gasteiger partial charge is 0.294 e. The molecule has 3 rings (SSSR count). The molecule has 0 saturated carbocycles. The number of carbonyl (C=O) groups is 1. The molecule has 5 heteroatoms. The zero-order chi connectivity index (χ0) is 14.7. The second-order valence-electron chi connectivity index (χ2n) is 4.88. The zero-order valence-electron chi connectivity index (χ0n) is 11.9. The van der Waals surface area contributed by atoms with Crippen molar-refractivity contribution in [1.82, 2.24) is 19.7 Å². The number of rotatable bonds is 5. The molecule has 0 fully saturated rings. The van der Waals surface area contributed by atoms with Gasteiger partial charge in [-0.3, -0.25) is 9.78 Å². The summed E-state index contributed by atoms with van der Waals surface area (Å²) in [7, 11) is 0. The van der Waals surface area contributed by atoms with Crippen LogP contribution in [-0.2, 0) is 13.0 Å². The van der Waals surface area contributed by atoms with E-state index in [1.165, 1.54) is 6.33 Å². The highest BCUT2D eigenvalue weighted by Crippen LogP contribution is 2.17. The minimum atomic E-state index is 0.0182. The van der Waals surface area contributed by atoms with Gasteiger partial charge in [0.2, 0.25) is 0 Å². The molecule has 0 amide bonds. The Morgan fingerprint density at radius 2 is 2.05 bits per heavy atom. The topological polar surface area (TPSA) is 60.7 Å². The van der Waals surface area contributed by atoms with Crippen molar-refractivity contribution in [3.8, 4) is 0 Å². The molecule has 0 aliphatic carbocycles. The third kappa shape index (κ3) is 2.67. The molecular formula is C16H16N4O. The van der Waals surface area contributed by atoms with E-state index in [0.29, 0.717) is 11.4 Å². The second-order valence-corrected chi connectivity index (χ2v) is 4.88. The highest BCUT2D eigenvalue weighted by atomic mass is 16.1. The zero-order valence-corrected chi connectivity index (χ0v) is 11.9. The number of fused-ring (bicyclic) bond motifs is 1. The molecule has 0 bridgehead atoms. The molecule has 0 atom stereocenters. The minimum absolute atomic E-state index is 0.0182. The van der Waals surface area contributed by atoms with E-state index >= 15 is 0 Å². The van der Waals surface area contributed by atoms with Crippen molar-refractivity contribution in [3.05, 3.63) is 54.2 Å². The van der Waals surface area contributed by atoms with Gasteiger partial charge in [0.05, 0.1) is 11.9 Å². The maximum Gasteiger partial charge on any atom is 0.172 e. The number of aromatic nitrogens is 4. The summed E-state index contributed by atoms with van der Waals surface area (Å²) in [6, 6.07) is 9.48. The van der Waals surface area contributed by atoms with Crippen molar-refractivity contribution in [1.29, 1.82) is 0 Å². The molecule has 0 radical (unpaired) electrons. The van der Waals surface area contributed by atoms with E-state index in [-0.39, 0.29) is 12.2 Å². The number of carbonyl (C=O) groups excluding carboxylic acids is 1. The van der Waals surface area contributed by atoms with Crippen molar-refractivity contribution in [2.75, 3.05) is 0 Å². The molecule has 5 nitrogen and oxygen atoms in total. The molecule has 0 aliphatic heterocycles. The molecular weight excluding hydrogens is 264 g/mol. The Hall–Kier alpha value is -2.56. The Bertz CT molecular complexity index is 773. The molecule has 0 N–H and O–H groups in total. The van der Waals surface area contributed by atoms with Gasteiger partial charge in [-0.25, -0.2) is 9.67 Å². The summed E-state index contributed by atoms with van der Waals surface area (Å²) >= 11 is 0. The summed E-state index contributed by atoms with van der Waals surface area (Å²) < 4.78 is 1.79. The van der Waals surface area contributed by atoms with Gasteiger partial charge in [-0.15, -0.1) is 0 Å². The summed E-state index contributed by atoms with van der Waals surface area (Å²) in [5.41, 5.74) is 1.38. The average Bonchev–Trinajstić information content (AvgIpc) is 2.94. The summed E-state index contributed by atoms with van der Waals surface area (Å²) in [4.78, 5) is 21.1. The number of ketones is 1. The number of aryl methyl sites for hydroxylation is 1. The lowest BCUT2D eigenvalue weighted by molar-refractivity contribution is 0.0990. The molecule has 1 aromatic carbocycles. The minimum Gasteiger partial charge on any atom is -0.294 e. The Balaban J connectivity index is 1.92. The summed E-state index contributed by atoms with van der Waals surface area (Å²) in [5, 5.41) is 5.12. The van der Waals surface area contributed by atoms with Crippen molar-refractivity contribution < 1.29 is 4.79 Å². The van der Waals surface area contributed by atoms with Crippen LogP contribution in [0.2, 0.25) is 0 Å². The Labute approximate surface area is 122 Å². The number of pyridine rings is 1. The Kier molecular flexibility index (Phi) is 3.73. The predicted octanol–water partition coefficient (Wildman–Crippen LogP) is 2.66. The molecule has 0 unspecified atom stereocenters. The van der Waals surface area contributed by atoms with Gasteiger partial charge < -0.3 is 0 Å². The van der Waals surface area contributed by atoms with E-state index in [1.54, 1.807) is 10.9 Å². The summed E-state index contributed by atoms with van der Waals surface area (Å²) in [6.45, 7) is 2.85. The summed E-state index contributed by atoms with van der Waals surface area (Å²) in [5.74, 6) is 0.722. The van der Waals surface area contributed by atoms with E-state index in [1.807, 2.05) is 30.3 Å². The van der Waals surface area contributed by atoms with Crippen LogP contribution in [0.25, 0.3) is 10.9 Å². The molecule has 0 aliphatic rings. The van der Waals surface area contributed by atoms with Gasteiger partial charge in [-0.1, -0.05) is 25.1 Å². The highest BCUT2D eigenvalue weighted by Gasteiger charge is 2.15. The molecule has 0 saturated heterocycles. The van der Waals surface area contributed by atoms with E-state index in [9.17, 15) is 4.79 Å². The van der Waals surface area contributed by atoms with Crippen LogP contribution in [0, 0.1) is 0 Å². The lowest BCUT2D eigenvalue weighted by Gasteiger charge is -2.06. The number of para-hydroxylation sites is 1. The molecule has 2 aromatic heterocycles. The molecule has 106 valence electrons. The van der Waals surface area contributed by atoms with Gasteiger partial charge in [0, 0.05) is 23.7 Å². The van der Waals surface area contributed by atoms with Crippen LogP contribution in [0.4, 0.5) is 0 Å². The fourth-order valence-electron chi connectivity index (χ4n) is 2.39.